The minimum absolute atomic E-state index is 0.0561. The third kappa shape index (κ3) is 3.96. The number of hydrogen-bond acceptors (Lipinski definition) is 2. The highest BCUT2D eigenvalue weighted by molar-refractivity contribution is 5.88. The van der Waals surface area contributed by atoms with E-state index in [0.717, 1.165) is 6.54 Å². The van der Waals surface area contributed by atoms with Gasteiger partial charge in [-0.05, 0) is 11.6 Å². The SMILES string of the molecule is N=C(N)/C=C\NCc1ccccc1. The lowest BCUT2D eigenvalue weighted by Gasteiger charge is -1.99. The van der Waals surface area contributed by atoms with E-state index in [4.69, 9.17) is 11.1 Å². The molecule has 0 saturated heterocycles. The Morgan fingerprint density at radius 3 is 2.69 bits per heavy atom. The van der Waals surface area contributed by atoms with E-state index in [2.05, 4.69) is 5.32 Å². The summed E-state index contributed by atoms with van der Waals surface area (Å²) in [6.45, 7) is 0.755. The molecule has 13 heavy (non-hydrogen) atoms. The van der Waals surface area contributed by atoms with E-state index in [9.17, 15) is 0 Å². The van der Waals surface area contributed by atoms with Gasteiger partial charge >= 0.3 is 0 Å². The zero-order chi connectivity index (χ0) is 9.52. The van der Waals surface area contributed by atoms with Crippen LogP contribution >= 0.6 is 0 Å². The molecule has 4 N–H and O–H groups in total. The molecular weight excluding hydrogens is 162 g/mol. The fourth-order valence-electron chi connectivity index (χ4n) is 0.921. The molecular formula is C10H13N3. The van der Waals surface area contributed by atoms with E-state index in [1.54, 1.807) is 6.20 Å². The van der Waals surface area contributed by atoms with E-state index in [1.807, 2.05) is 30.3 Å². The van der Waals surface area contributed by atoms with Crippen LogP contribution in [0.15, 0.2) is 42.6 Å². The molecule has 0 aromatic heterocycles. The smallest absolute Gasteiger partial charge is 0.116 e. The fraction of sp³-hybridized carbons (Fsp3) is 0.100. The summed E-state index contributed by atoms with van der Waals surface area (Å²) in [6.07, 6.45) is 3.19. The lowest BCUT2D eigenvalue weighted by molar-refractivity contribution is 0.870. The first-order valence-corrected chi connectivity index (χ1v) is 4.07. The highest BCUT2D eigenvalue weighted by Gasteiger charge is 1.85. The van der Waals surface area contributed by atoms with Crippen molar-refractivity contribution >= 4 is 5.84 Å². The Labute approximate surface area is 77.8 Å². The van der Waals surface area contributed by atoms with Crippen molar-refractivity contribution in [2.24, 2.45) is 5.73 Å². The first kappa shape index (κ1) is 9.32. The van der Waals surface area contributed by atoms with Crippen LogP contribution in [0.5, 0.6) is 0 Å². The highest BCUT2D eigenvalue weighted by Crippen LogP contribution is 1.96. The topological polar surface area (TPSA) is 61.9 Å². The van der Waals surface area contributed by atoms with Crippen LogP contribution < -0.4 is 11.1 Å². The minimum atomic E-state index is 0.0561. The second kappa shape index (κ2) is 4.98. The van der Waals surface area contributed by atoms with Crippen LogP contribution in [-0.2, 0) is 6.54 Å². The Bertz CT molecular complexity index is 290. The Balaban J connectivity index is 2.32. The van der Waals surface area contributed by atoms with Gasteiger partial charge in [0.2, 0.25) is 0 Å². The van der Waals surface area contributed by atoms with Gasteiger partial charge in [-0.25, -0.2) is 0 Å². The van der Waals surface area contributed by atoms with Gasteiger partial charge in [0, 0.05) is 12.7 Å². The Morgan fingerprint density at radius 1 is 1.38 bits per heavy atom. The average Bonchev–Trinajstić information content (AvgIpc) is 2.14. The number of rotatable bonds is 4. The van der Waals surface area contributed by atoms with Gasteiger partial charge in [0.25, 0.3) is 0 Å². The van der Waals surface area contributed by atoms with Crippen LogP contribution in [0, 0.1) is 5.41 Å². The van der Waals surface area contributed by atoms with E-state index < -0.39 is 0 Å². The summed E-state index contributed by atoms with van der Waals surface area (Å²) in [7, 11) is 0. The predicted octanol–water partition coefficient (Wildman–Crippen LogP) is 1.23. The maximum atomic E-state index is 6.93. The van der Waals surface area contributed by atoms with Crippen molar-refractivity contribution in [3.05, 3.63) is 48.2 Å². The molecule has 0 saturated carbocycles. The van der Waals surface area contributed by atoms with Gasteiger partial charge < -0.3 is 11.1 Å². The second-order valence-electron chi connectivity index (χ2n) is 2.66. The molecule has 0 aliphatic rings. The summed E-state index contributed by atoms with van der Waals surface area (Å²) in [4.78, 5) is 0. The maximum absolute atomic E-state index is 6.93. The zero-order valence-electron chi connectivity index (χ0n) is 7.33. The van der Waals surface area contributed by atoms with Crippen LogP contribution in [0.4, 0.5) is 0 Å². The normalized spacial score (nSPS) is 10.2. The van der Waals surface area contributed by atoms with E-state index in [-0.39, 0.29) is 5.84 Å². The molecule has 1 aromatic carbocycles. The van der Waals surface area contributed by atoms with Crippen molar-refractivity contribution in [1.82, 2.24) is 5.32 Å². The molecule has 1 rings (SSSR count). The Kier molecular flexibility index (Phi) is 3.57. The molecule has 1 aromatic rings. The van der Waals surface area contributed by atoms with Crippen molar-refractivity contribution in [3.8, 4) is 0 Å². The van der Waals surface area contributed by atoms with Crippen LogP contribution in [0.3, 0.4) is 0 Å². The quantitative estimate of drug-likeness (QED) is 0.476. The fourth-order valence-corrected chi connectivity index (χ4v) is 0.921. The first-order valence-electron chi connectivity index (χ1n) is 4.07. The van der Waals surface area contributed by atoms with Crippen molar-refractivity contribution < 1.29 is 0 Å². The van der Waals surface area contributed by atoms with Crippen LogP contribution in [0.1, 0.15) is 5.56 Å². The molecule has 3 nitrogen and oxygen atoms in total. The average molecular weight is 175 g/mol. The second-order valence-corrected chi connectivity index (χ2v) is 2.66. The number of hydrogen-bond donors (Lipinski definition) is 3. The first-order chi connectivity index (χ1) is 6.29. The number of benzene rings is 1. The molecule has 0 unspecified atom stereocenters. The van der Waals surface area contributed by atoms with Gasteiger partial charge in [-0.15, -0.1) is 0 Å². The summed E-state index contributed by atoms with van der Waals surface area (Å²) < 4.78 is 0. The highest BCUT2D eigenvalue weighted by atomic mass is 14.8. The van der Waals surface area contributed by atoms with E-state index >= 15 is 0 Å². The lowest BCUT2D eigenvalue weighted by Crippen LogP contribution is -2.09. The summed E-state index contributed by atoms with van der Waals surface area (Å²) in [6, 6.07) is 10.0. The third-order valence-corrected chi connectivity index (χ3v) is 1.53. The lowest BCUT2D eigenvalue weighted by atomic mass is 10.2. The van der Waals surface area contributed by atoms with Gasteiger partial charge in [0.05, 0.1) is 0 Å². The molecule has 68 valence electrons. The monoisotopic (exact) mass is 175 g/mol. The summed E-state index contributed by atoms with van der Waals surface area (Å²) in [5, 5.41) is 9.96. The number of nitrogens with two attached hydrogens (primary N) is 1. The molecule has 0 amide bonds. The van der Waals surface area contributed by atoms with Crippen molar-refractivity contribution in [2.75, 3.05) is 0 Å². The molecule has 0 bridgehead atoms. The van der Waals surface area contributed by atoms with Gasteiger partial charge in [0.15, 0.2) is 0 Å². The van der Waals surface area contributed by atoms with Gasteiger partial charge in [0.1, 0.15) is 5.84 Å². The minimum Gasteiger partial charge on any atom is -0.387 e. The largest absolute Gasteiger partial charge is 0.387 e. The molecule has 3 heteroatoms. The van der Waals surface area contributed by atoms with Gasteiger partial charge in [-0.1, -0.05) is 30.3 Å². The predicted molar refractivity (Wildman–Crippen MR) is 54.3 cm³/mol. The van der Waals surface area contributed by atoms with Crippen molar-refractivity contribution in [2.45, 2.75) is 6.54 Å². The van der Waals surface area contributed by atoms with Gasteiger partial charge in [-0.3, -0.25) is 5.41 Å². The van der Waals surface area contributed by atoms with Crippen LogP contribution in [-0.4, -0.2) is 5.84 Å². The molecule has 0 fully saturated rings. The summed E-state index contributed by atoms with van der Waals surface area (Å²) >= 11 is 0. The molecule has 0 aliphatic heterocycles. The summed E-state index contributed by atoms with van der Waals surface area (Å²) in [5.74, 6) is 0.0561. The number of nitrogens with one attached hydrogen (secondary N) is 2. The molecule has 0 heterocycles. The van der Waals surface area contributed by atoms with Gasteiger partial charge in [-0.2, -0.15) is 0 Å². The maximum Gasteiger partial charge on any atom is 0.116 e. The molecule has 0 atom stereocenters. The Morgan fingerprint density at radius 2 is 2.08 bits per heavy atom. The Hall–Kier alpha value is -1.77. The van der Waals surface area contributed by atoms with Crippen molar-refractivity contribution in [3.63, 3.8) is 0 Å². The molecule has 0 spiro atoms. The van der Waals surface area contributed by atoms with Crippen LogP contribution in [0.25, 0.3) is 0 Å². The molecule has 0 aliphatic carbocycles. The third-order valence-electron chi connectivity index (χ3n) is 1.53. The molecule has 0 radical (unpaired) electrons. The van der Waals surface area contributed by atoms with Crippen LogP contribution in [0.2, 0.25) is 0 Å². The number of amidine groups is 1. The van der Waals surface area contributed by atoms with Crippen molar-refractivity contribution in [1.29, 1.82) is 5.41 Å². The zero-order valence-corrected chi connectivity index (χ0v) is 7.33. The van der Waals surface area contributed by atoms with E-state index in [0.29, 0.717) is 0 Å². The van der Waals surface area contributed by atoms with E-state index in [1.165, 1.54) is 11.6 Å². The summed E-state index contributed by atoms with van der Waals surface area (Å²) in [5.41, 5.74) is 6.33. The standard InChI is InChI=1S/C10H13N3/c11-10(12)6-7-13-8-9-4-2-1-3-5-9/h1-7,13H,8H2,(H3,11,12)/b7-6-.